The summed E-state index contributed by atoms with van der Waals surface area (Å²) in [7, 11) is 0. The first-order chi connectivity index (χ1) is 18.7. The Morgan fingerprint density at radius 3 is 2.05 bits per heavy atom. The Morgan fingerprint density at radius 2 is 1.47 bits per heavy atom. The SMILES string of the molecule is CCC(Sc1nc(-c2ccccc2)cc(-c2ccccc2)c1C#N)C(=O)Nc1nc(-c2ccccc2)cs1. The minimum Gasteiger partial charge on any atom is -0.301 e. The number of hydrogen-bond donors (Lipinski definition) is 1. The Kier molecular flexibility index (Phi) is 7.93. The topological polar surface area (TPSA) is 78.7 Å². The molecule has 0 bridgehead atoms. The Bertz CT molecular complexity index is 1580. The van der Waals surface area contributed by atoms with Gasteiger partial charge in [-0.3, -0.25) is 4.79 Å². The van der Waals surface area contributed by atoms with Gasteiger partial charge in [-0.25, -0.2) is 9.97 Å². The number of thiazole rings is 1. The standard InChI is InChI=1S/C31H24N4OS2/c1-2-28(29(36)35-31-34-27(20-37-31)23-16-10-5-11-17-23)38-30-25(19-32)24(21-12-6-3-7-13-21)18-26(33-30)22-14-8-4-9-15-22/h3-18,20,28H,2H2,1H3,(H,34,35,36). The van der Waals surface area contributed by atoms with Gasteiger partial charge in [-0.2, -0.15) is 5.26 Å². The van der Waals surface area contributed by atoms with Crippen molar-refractivity contribution in [3.05, 3.63) is 108 Å². The molecule has 5 nitrogen and oxygen atoms in total. The summed E-state index contributed by atoms with van der Waals surface area (Å²) in [6, 6.07) is 33.9. The summed E-state index contributed by atoms with van der Waals surface area (Å²) in [6.45, 7) is 1.96. The molecule has 5 rings (SSSR count). The van der Waals surface area contributed by atoms with Crippen molar-refractivity contribution >= 4 is 34.1 Å². The maximum Gasteiger partial charge on any atom is 0.239 e. The number of thioether (sulfide) groups is 1. The molecule has 186 valence electrons. The molecule has 7 heteroatoms. The van der Waals surface area contributed by atoms with E-state index in [4.69, 9.17) is 4.98 Å². The molecular formula is C31H24N4OS2. The van der Waals surface area contributed by atoms with Crippen molar-refractivity contribution in [3.63, 3.8) is 0 Å². The van der Waals surface area contributed by atoms with Crippen molar-refractivity contribution in [3.8, 4) is 39.7 Å². The van der Waals surface area contributed by atoms with E-state index in [1.807, 2.05) is 109 Å². The number of nitrogens with one attached hydrogen (secondary N) is 1. The zero-order chi connectivity index (χ0) is 26.3. The van der Waals surface area contributed by atoms with E-state index < -0.39 is 5.25 Å². The monoisotopic (exact) mass is 532 g/mol. The van der Waals surface area contributed by atoms with Crippen LogP contribution in [-0.4, -0.2) is 21.1 Å². The third-order valence-electron chi connectivity index (χ3n) is 5.97. The van der Waals surface area contributed by atoms with Crippen LogP contribution >= 0.6 is 23.1 Å². The van der Waals surface area contributed by atoms with Gasteiger partial charge in [0.15, 0.2) is 5.13 Å². The molecular weight excluding hydrogens is 509 g/mol. The zero-order valence-electron chi connectivity index (χ0n) is 20.7. The summed E-state index contributed by atoms with van der Waals surface area (Å²) in [4.78, 5) is 22.8. The van der Waals surface area contributed by atoms with E-state index in [1.165, 1.54) is 23.1 Å². The number of carbonyl (C=O) groups is 1. The molecule has 0 aliphatic rings. The van der Waals surface area contributed by atoms with E-state index in [1.54, 1.807) is 0 Å². The number of hydrogen-bond acceptors (Lipinski definition) is 6. The van der Waals surface area contributed by atoms with Crippen molar-refractivity contribution in [1.29, 1.82) is 5.26 Å². The van der Waals surface area contributed by atoms with Crippen LogP contribution < -0.4 is 5.32 Å². The number of nitriles is 1. The summed E-state index contributed by atoms with van der Waals surface area (Å²) in [6.07, 6.45) is 0.566. The lowest BCUT2D eigenvalue weighted by Gasteiger charge is -2.17. The molecule has 1 unspecified atom stereocenters. The smallest absolute Gasteiger partial charge is 0.239 e. The Morgan fingerprint density at radius 1 is 0.895 bits per heavy atom. The van der Waals surface area contributed by atoms with E-state index in [0.717, 1.165) is 33.6 Å². The fraction of sp³-hybridized carbons (Fsp3) is 0.0968. The van der Waals surface area contributed by atoms with Crippen molar-refractivity contribution in [2.24, 2.45) is 0 Å². The van der Waals surface area contributed by atoms with Gasteiger partial charge in [0.2, 0.25) is 5.91 Å². The summed E-state index contributed by atoms with van der Waals surface area (Å²) in [5.41, 5.74) is 5.72. The van der Waals surface area contributed by atoms with Gasteiger partial charge in [-0.15, -0.1) is 11.3 Å². The van der Waals surface area contributed by atoms with Crippen molar-refractivity contribution in [2.75, 3.05) is 5.32 Å². The second-order valence-electron chi connectivity index (χ2n) is 8.49. The molecule has 0 radical (unpaired) electrons. The summed E-state index contributed by atoms with van der Waals surface area (Å²) in [5.74, 6) is -0.163. The van der Waals surface area contributed by atoms with E-state index in [0.29, 0.717) is 22.1 Å². The first kappa shape index (κ1) is 25.4. The molecule has 1 atom stereocenters. The van der Waals surface area contributed by atoms with Crippen molar-refractivity contribution in [2.45, 2.75) is 23.6 Å². The number of amides is 1. The molecule has 3 aromatic carbocycles. The van der Waals surface area contributed by atoms with E-state index in [9.17, 15) is 10.1 Å². The fourth-order valence-corrected chi connectivity index (χ4v) is 5.78. The molecule has 0 spiro atoms. The van der Waals surface area contributed by atoms with Crippen molar-refractivity contribution < 1.29 is 4.79 Å². The Hall–Kier alpha value is -4.25. The predicted octanol–water partition coefficient (Wildman–Crippen LogP) is 7.92. The van der Waals surface area contributed by atoms with Crippen LogP contribution in [-0.2, 0) is 4.79 Å². The maximum atomic E-state index is 13.3. The molecule has 0 aliphatic heterocycles. The number of aromatic nitrogens is 2. The molecule has 0 aliphatic carbocycles. The highest BCUT2D eigenvalue weighted by atomic mass is 32.2. The van der Waals surface area contributed by atoms with Crippen LogP contribution in [0.3, 0.4) is 0 Å². The Labute approximate surface area is 230 Å². The highest BCUT2D eigenvalue weighted by Crippen LogP contribution is 2.37. The number of carbonyl (C=O) groups excluding carboxylic acids is 1. The first-order valence-electron chi connectivity index (χ1n) is 12.2. The number of pyridine rings is 1. The highest BCUT2D eigenvalue weighted by molar-refractivity contribution is 8.00. The van der Waals surface area contributed by atoms with Crippen LogP contribution in [0.5, 0.6) is 0 Å². The van der Waals surface area contributed by atoms with Gasteiger partial charge in [0.05, 0.1) is 22.2 Å². The van der Waals surface area contributed by atoms with Crippen LogP contribution in [0.4, 0.5) is 5.13 Å². The van der Waals surface area contributed by atoms with Gasteiger partial charge in [0.1, 0.15) is 11.1 Å². The Balaban J connectivity index is 1.46. The quantitative estimate of drug-likeness (QED) is 0.205. The van der Waals surface area contributed by atoms with Gasteiger partial charge < -0.3 is 5.32 Å². The molecule has 0 saturated heterocycles. The van der Waals surface area contributed by atoms with E-state index in [-0.39, 0.29) is 5.91 Å². The summed E-state index contributed by atoms with van der Waals surface area (Å²) in [5, 5.41) is 15.7. The zero-order valence-corrected chi connectivity index (χ0v) is 22.3. The normalized spacial score (nSPS) is 11.5. The molecule has 5 aromatic rings. The minimum absolute atomic E-state index is 0.163. The van der Waals surface area contributed by atoms with Crippen LogP contribution in [0.15, 0.2) is 107 Å². The minimum atomic E-state index is -0.451. The highest BCUT2D eigenvalue weighted by Gasteiger charge is 2.24. The maximum absolute atomic E-state index is 13.3. The van der Waals surface area contributed by atoms with Crippen LogP contribution in [0.1, 0.15) is 18.9 Å². The number of anilines is 1. The second kappa shape index (κ2) is 11.9. The summed E-state index contributed by atoms with van der Waals surface area (Å²) < 4.78 is 0. The first-order valence-corrected chi connectivity index (χ1v) is 14.0. The lowest BCUT2D eigenvalue weighted by Crippen LogP contribution is -2.24. The van der Waals surface area contributed by atoms with Crippen molar-refractivity contribution in [1.82, 2.24) is 9.97 Å². The molecule has 2 heterocycles. The van der Waals surface area contributed by atoms with Gasteiger partial charge in [-0.05, 0) is 18.1 Å². The third kappa shape index (κ3) is 5.67. The van der Waals surface area contributed by atoms with Gasteiger partial charge in [0, 0.05) is 22.1 Å². The number of benzene rings is 3. The molecule has 1 amide bonds. The van der Waals surface area contributed by atoms with Crippen LogP contribution in [0, 0.1) is 11.3 Å². The molecule has 2 aromatic heterocycles. The summed E-state index contributed by atoms with van der Waals surface area (Å²) >= 11 is 2.71. The van der Waals surface area contributed by atoms with E-state index >= 15 is 0 Å². The van der Waals surface area contributed by atoms with Crippen LogP contribution in [0.2, 0.25) is 0 Å². The predicted molar refractivity (Wildman–Crippen MR) is 156 cm³/mol. The fourth-order valence-electron chi connectivity index (χ4n) is 4.03. The van der Waals surface area contributed by atoms with Gasteiger partial charge >= 0.3 is 0 Å². The largest absolute Gasteiger partial charge is 0.301 e. The molecule has 0 saturated carbocycles. The average Bonchev–Trinajstić information content (AvgIpc) is 3.45. The molecule has 0 fully saturated rings. The molecule has 38 heavy (non-hydrogen) atoms. The molecule has 1 N–H and O–H groups in total. The van der Waals surface area contributed by atoms with Gasteiger partial charge in [-0.1, -0.05) is 110 Å². The second-order valence-corrected chi connectivity index (χ2v) is 10.5. The van der Waals surface area contributed by atoms with E-state index in [2.05, 4.69) is 16.4 Å². The number of nitrogens with zero attached hydrogens (tertiary/aromatic N) is 3. The average molecular weight is 533 g/mol. The van der Waals surface area contributed by atoms with Gasteiger partial charge in [0.25, 0.3) is 0 Å². The number of rotatable bonds is 8. The third-order valence-corrected chi connectivity index (χ3v) is 8.08. The lowest BCUT2D eigenvalue weighted by atomic mass is 9.99. The lowest BCUT2D eigenvalue weighted by molar-refractivity contribution is -0.115. The van der Waals surface area contributed by atoms with Crippen LogP contribution in [0.25, 0.3) is 33.6 Å².